The van der Waals surface area contributed by atoms with Gasteiger partial charge in [-0.05, 0) is 40.0 Å². The minimum atomic E-state index is -0.502. The lowest BCUT2D eigenvalue weighted by Crippen LogP contribution is -2.41. The number of amides is 1. The highest BCUT2D eigenvalue weighted by molar-refractivity contribution is 7.10. The van der Waals surface area contributed by atoms with E-state index in [4.69, 9.17) is 4.74 Å². The van der Waals surface area contributed by atoms with Crippen LogP contribution in [0.15, 0.2) is 5.38 Å². The van der Waals surface area contributed by atoms with Gasteiger partial charge in [-0.3, -0.25) is 0 Å². The Bertz CT molecular complexity index is 450. The Labute approximate surface area is 110 Å². The van der Waals surface area contributed by atoms with Crippen LogP contribution in [0.1, 0.15) is 37.6 Å². The zero-order valence-electron chi connectivity index (χ0n) is 10.9. The van der Waals surface area contributed by atoms with Gasteiger partial charge in [0.25, 0.3) is 0 Å². The summed E-state index contributed by atoms with van der Waals surface area (Å²) in [7, 11) is 0. The highest BCUT2D eigenvalue weighted by Crippen LogP contribution is 2.29. The van der Waals surface area contributed by atoms with E-state index in [-0.39, 0.29) is 11.9 Å². The van der Waals surface area contributed by atoms with Crippen LogP contribution in [0.5, 0.6) is 0 Å². The van der Waals surface area contributed by atoms with E-state index in [0.29, 0.717) is 6.42 Å². The first-order valence-electron chi connectivity index (χ1n) is 6.09. The number of rotatable bonds is 1. The smallest absolute Gasteiger partial charge is 0.407 e. The second-order valence-corrected chi connectivity index (χ2v) is 6.54. The monoisotopic (exact) mass is 271 g/mol. The number of hydrogen-bond acceptors (Lipinski definition) is 3. The molecule has 0 radical (unpaired) electrons. The third-order valence-corrected chi connectivity index (χ3v) is 3.88. The van der Waals surface area contributed by atoms with Gasteiger partial charge in [0.15, 0.2) is 0 Å². The summed E-state index contributed by atoms with van der Waals surface area (Å²) in [6.07, 6.45) is 1.80. The average molecular weight is 271 g/mol. The summed E-state index contributed by atoms with van der Waals surface area (Å²) in [5.41, 5.74) is 0.254. The van der Waals surface area contributed by atoms with Crippen LogP contribution < -0.4 is 5.32 Å². The van der Waals surface area contributed by atoms with E-state index in [9.17, 15) is 9.18 Å². The number of thiophene rings is 1. The first-order valence-corrected chi connectivity index (χ1v) is 6.97. The molecule has 1 aliphatic rings. The molecule has 18 heavy (non-hydrogen) atoms. The molecule has 1 aromatic rings. The molecular weight excluding hydrogens is 253 g/mol. The van der Waals surface area contributed by atoms with Gasteiger partial charge in [-0.25, -0.2) is 9.18 Å². The topological polar surface area (TPSA) is 38.3 Å². The normalized spacial score (nSPS) is 19.2. The highest BCUT2D eigenvalue weighted by atomic mass is 32.1. The van der Waals surface area contributed by atoms with E-state index in [1.807, 2.05) is 20.8 Å². The largest absolute Gasteiger partial charge is 0.444 e. The summed E-state index contributed by atoms with van der Waals surface area (Å²) in [6.45, 7) is 5.47. The fraction of sp³-hybridized carbons (Fsp3) is 0.615. The van der Waals surface area contributed by atoms with Crippen molar-refractivity contribution in [2.45, 2.75) is 51.7 Å². The second kappa shape index (κ2) is 4.88. The molecule has 2 rings (SSSR count). The van der Waals surface area contributed by atoms with E-state index in [2.05, 4.69) is 5.32 Å². The third kappa shape index (κ3) is 3.22. The van der Waals surface area contributed by atoms with Crippen LogP contribution in [0, 0.1) is 5.82 Å². The van der Waals surface area contributed by atoms with Gasteiger partial charge in [0.2, 0.25) is 0 Å². The Morgan fingerprint density at radius 3 is 2.94 bits per heavy atom. The lowest BCUT2D eigenvalue weighted by atomic mass is 9.94. The zero-order valence-corrected chi connectivity index (χ0v) is 11.7. The lowest BCUT2D eigenvalue weighted by Gasteiger charge is -2.26. The van der Waals surface area contributed by atoms with Crippen LogP contribution in [0.2, 0.25) is 0 Å². The van der Waals surface area contributed by atoms with Crippen molar-refractivity contribution in [1.82, 2.24) is 5.32 Å². The quantitative estimate of drug-likeness (QED) is 0.851. The van der Waals surface area contributed by atoms with Crippen molar-refractivity contribution < 1.29 is 13.9 Å². The van der Waals surface area contributed by atoms with Crippen molar-refractivity contribution in [2.75, 3.05) is 0 Å². The fourth-order valence-electron chi connectivity index (χ4n) is 2.07. The Balaban J connectivity index is 1.94. The molecule has 5 heteroatoms. The molecule has 0 saturated carbocycles. The first-order chi connectivity index (χ1) is 8.35. The maximum Gasteiger partial charge on any atom is 0.407 e. The van der Waals surface area contributed by atoms with Crippen LogP contribution in [-0.4, -0.2) is 17.7 Å². The first kappa shape index (κ1) is 13.3. The number of carbonyl (C=O) groups is 1. The number of halogens is 1. The average Bonchev–Trinajstić information content (AvgIpc) is 2.57. The van der Waals surface area contributed by atoms with Gasteiger partial charge in [-0.2, -0.15) is 0 Å². The van der Waals surface area contributed by atoms with Gasteiger partial charge >= 0.3 is 6.09 Å². The second-order valence-electron chi connectivity index (χ2n) is 5.57. The molecule has 0 aliphatic heterocycles. The molecule has 0 fully saturated rings. The number of hydrogen-bond donors (Lipinski definition) is 1. The van der Waals surface area contributed by atoms with Gasteiger partial charge < -0.3 is 10.1 Å². The number of carbonyl (C=O) groups excluding carboxylic acids is 1. The summed E-state index contributed by atoms with van der Waals surface area (Å²) in [4.78, 5) is 12.7. The summed E-state index contributed by atoms with van der Waals surface area (Å²) in [6, 6.07) is -0.0311. The standard InChI is InChI=1S/C13H18FNO2S/c1-13(2,3)17-12(16)15-8-4-5-11-9(6-8)10(14)7-18-11/h7-8H,4-6H2,1-3H3,(H,15,16). The van der Waals surface area contributed by atoms with Crippen LogP contribution in [0.4, 0.5) is 9.18 Å². The molecule has 1 aliphatic carbocycles. The number of fused-ring (bicyclic) bond motifs is 1. The fourth-order valence-corrected chi connectivity index (χ4v) is 3.02. The molecular formula is C13H18FNO2S. The van der Waals surface area contributed by atoms with Crippen LogP contribution in [0.3, 0.4) is 0 Å². The van der Waals surface area contributed by atoms with E-state index in [1.165, 1.54) is 11.3 Å². The molecule has 1 unspecified atom stereocenters. The van der Waals surface area contributed by atoms with E-state index in [0.717, 1.165) is 23.3 Å². The van der Waals surface area contributed by atoms with Crippen molar-refractivity contribution in [1.29, 1.82) is 0 Å². The summed E-state index contributed by atoms with van der Waals surface area (Å²) in [5.74, 6) is -0.148. The van der Waals surface area contributed by atoms with Crippen molar-refractivity contribution in [3.05, 3.63) is 21.6 Å². The summed E-state index contributed by atoms with van der Waals surface area (Å²) < 4.78 is 18.7. The predicted molar refractivity (Wildman–Crippen MR) is 69.5 cm³/mol. The Morgan fingerprint density at radius 1 is 1.56 bits per heavy atom. The molecule has 100 valence electrons. The molecule has 3 nitrogen and oxygen atoms in total. The lowest BCUT2D eigenvalue weighted by molar-refractivity contribution is 0.0500. The zero-order chi connectivity index (χ0) is 13.3. The Hall–Kier alpha value is -1.10. The number of nitrogens with one attached hydrogen (secondary N) is 1. The van der Waals surface area contributed by atoms with E-state index >= 15 is 0 Å². The molecule has 1 amide bonds. The van der Waals surface area contributed by atoms with E-state index < -0.39 is 11.7 Å². The van der Waals surface area contributed by atoms with Gasteiger partial charge in [0.05, 0.1) is 0 Å². The van der Waals surface area contributed by atoms with Crippen molar-refractivity contribution in [3.8, 4) is 0 Å². The van der Waals surface area contributed by atoms with Gasteiger partial charge in [-0.15, -0.1) is 11.3 Å². The maximum atomic E-state index is 13.5. The van der Waals surface area contributed by atoms with Gasteiger partial charge in [0.1, 0.15) is 11.4 Å². The minimum Gasteiger partial charge on any atom is -0.444 e. The van der Waals surface area contributed by atoms with Crippen LogP contribution in [0.25, 0.3) is 0 Å². The molecule has 1 atom stereocenters. The highest BCUT2D eigenvalue weighted by Gasteiger charge is 2.25. The Kier molecular flexibility index (Phi) is 3.61. The number of aryl methyl sites for hydroxylation is 1. The van der Waals surface area contributed by atoms with Gasteiger partial charge in [0, 0.05) is 21.9 Å². The summed E-state index contributed by atoms with van der Waals surface area (Å²) in [5, 5.41) is 4.35. The maximum absolute atomic E-state index is 13.5. The molecule has 0 spiro atoms. The van der Waals surface area contributed by atoms with Crippen molar-refractivity contribution >= 4 is 17.4 Å². The third-order valence-electron chi connectivity index (χ3n) is 2.82. The van der Waals surface area contributed by atoms with Crippen LogP contribution >= 0.6 is 11.3 Å². The van der Waals surface area contributed by atoms with Crippen molar-refractivity contribution in [2.24, 2.45) is 0 Å². The minimum absolute atomic E-state index is 0.0311. The van der Waals surface area contributed by atoms with Crippen molar-refractivity contribution in [3.63, 3.8) is 0 Å². The Morgan fingerprint density at radius 2 is 2.28 bits per heavy atom. The predicted octanol–water partition coefficient (Wildman–Crippen LogP) is 3.27. The molecule has 1 aromatic heterocycles. The molecule has 1 N–H and O–H groups in total. The number of ether oxygens (including phenoxy) is 1. The number of alkyl carbamates (subject to hydrolysis) is 1. The van der Waals surface area contributed by atoms with Gasteiger partial charge in [-0.1, -0.05) is 0 Å². The van der Waals surface area contributed by atoms with E-state index in [1.54, 1.807) is 5.38 Å². The molecule has 1 heterocycles. The summed E-state index contributed by atoms with van der Waals surface area (Å²) >= 11 is 1.46. The molecule has 0 bridgehead atoms. The molecule has 0 aromatic carbocycles. The molecule has 0 saturated heterocycles. The SMILES string of the molecule is CC(C)(C)OC(=O)NC1CCc2scc(F)c2C1. The van der Waals surface area contributed by atoms with Crippen LogP contribution in [-0.2, 0) is 17.6 Å².